The summed E-state index contributed by atoms with van der Waals surface area (Å²) in [5.41, 5.74) is 6.35. The normalized spacial score (nSPS) is 10.5. The van der Waals surface area contributed by atoms with Gasteiger partial charge in [0.25, 0.3) is 5.91 Å². The Morgan fingerprint density at radius 1 is 0.926 bits per heavy atom. The van der Waals surface area contributed by atoms with Crippen molar-refractivity contribution in [3.63, 3.8) is 0 Å². The van der Waals surface area contributed by atoms with E-state index in [2.05, 4.69) is 39.7 Å². The molecule has 1 aromatic heterocycles. The van der Waals surface area contributed by atoms with Gasteiger partial charge in [0.05, 0.1) is 0 Å². The second kappa shape index (κ2) is 7.99. The van der Waals surface area contributed by atoms with E-state index >= 15 is 0 Å². The number of nitrogens with one attached hydrogen (secondary N) is 2. The van der Waals surface area contributed by atoms with Gasteiger partial charge in [-0.15, -0.1) is 0 Å². The van der Waals surface area contributed by atoms with E-state index in [1.807, 2.05) is 51.1 Å². The van der Waals surface area contributed by atoms with E-state index in [0.717, 1.165) is 22.5 Å². The van der Waals surface area contributed by atoms with Crippen molar-refractivity contribution in [2.75, 3.05) is 10.6 Å². The fourth-order valence-electron chi connectivity index (χ4n) is 2.80. The van der Waals surface area contributed by atoms with Crippen LogP contribution in [0.5, 0.6) is 0 Å². The fourth-order valence-corrected chi connectivity index (χ4v) is 2.80. The third-order valence-corrected chi connectivity index (χ3v) is 4.43. The van der Waals surface area contributed by atoms with Gasteiger partial charge in [-0.05, 0) is 62.1 Å². The Balaban J connectivity index is 1.77. The molecule has 2 aromatic carbocycles. The summed E-state index contributed by atoms with van der Waals surface area (Å²) >= 11 is 0. The lowest BCUT2D eigenvalue weighted by Crippen LogP contribution is -2.17. The van der Waals surface area contributed by atoms with E-state index in [-0.39, 0.29) is 5.91 Å². The minimum Gasteiger partial charge on any atom is -0.350 e. The van der Waals surface area contributed by atoms with E-state index in [1.165, 1.54) is 11.1 Å². The van der Waals surface area contributed by atoms with Crippen molar-refractivity contribution in [1.29, 1.82) is 0 Å². The topological polar surface area (TPSA) is 66.9 Å². The summed E-state index contributed by atoms with van der Waals surface area (Å²) in [4.78, 5) is 21.5. The molecule has 3 aromatic rings. The van der Waals surface area contributed by atoms with Gasteiger partial charge < -0.3 is 10.6 Å². The van der Waals surface area contributed by atoms with Gasteiger partial charge in [0.2, 0.25) is 5.95 Å². The fraction of sp³-hybridized carbons (Fsp3) is 0.227. The molecular weight excluding hydrogens is 336 g/mol. The average Bonchev–Trinajstić information content (AvgIpc) is 2.63. The quantitative estimate of drug-likeness (QED) is 0.699. The second-order valence-electron chi connectivity index (χ2n) is 6.77. The number of aromatic nitrogens is 2. The maximum absolute atomic E-state index is 12.7. The first kappa shape index (κ1) is 18.6. The molecule has 5 heteroatoms. The summed E-state index contributed by atoms with van der Waals surface area (Å²) < 4.78 is 0. The van der Waals surface area contributed by atoms with E-state index < -0.39 is 0 Å². The molecule has 5 nitrogen and oxygen atoms in total. The predicted molar refractivity (Wildman–Crippen MR) is 109 cm³/mol. The van der Waals surface area contributed by atoms with Crippen LogP contribution in [0.25, 0.3) is 0 Å². The van der Waals surface area contributed by atoms with Gasteiger partial charge in [0, 0.05) is 17.9 Å². The Hall–Kier alpha value is -3.21. The summed E-state index contributed by atoms with van der Waals surface area (Å²) in [6.07, 6.45) is 0. The highest BCUT2D eigenvalue weighted by atomic mass is 16.1. The number of carbonyl (C=O) groups is 1. The zero-order valence-electron chi connectivity index (χ0n) is 16.1. The van der Waals surface area contributed by atoms with Crippen LogP contribution in [0.2, 0.25) is 0 Å². The third kappa shape index (κ3) is 4.70. The number of hydrogen-bond acceptors (Lipinski definition) is 4. The zero-order chi connectivity index (χ0) is 19.4. The lowest BCUT2D eigenvalue weighted by Gasteiger charge is -2.11. The van der Waals surface area contributed by atoms with Gasteiger partial charge in [-0.2, -0.15) is 0 Å². The largest absolute Gasteiger partial charge is 0.350 e. The van der Waals surface area contributed by atoms with Crippen LogP contribution in [0.1, 0.15) is 38.4 Å². The van der Waals surface area contributed by atoms with Crippen molar-refractivity contribution < 1.29 is 4.79 Å². The van der Waals surface area contributed by atoms with Crippen molar-refractivity contribution in [2.45, 2.75) is 34.2 Å². The third-order valence-electron chi connectivity index (χ3n) is 4.43. The van der Waals surface area contributed by atoms with Gasteiger partial charge in [-0.3, -0.25) is 4.79 Å². The minimum absolute atomic E-state index is 0.242. The molecule has 2 N–H and O–H groups in total. The smallest absolute Gasteiger partial charge is 0.274 e. The maximum Gasteiger partial charge on any atom is 0.274 e. The summed E-state index contributed by atoms with van der Waals surface area (Å²) in [5.74, 6) is 0.206. The first-order valence-corrected chi connectivity index (χ1v) is 8.95. The van der Waals surface area contributed by atoms with Crippen LogP contribution in [0.4, 0.5) is 11.6 Å². The molecule has 0 bridgehead atoms. The number of carbonyl (C=O) groups excluding carboxylic acids is 1. The standard InChI is InChI=1S/C22H24N4O/c1-14-9-10-16(3)19(11-14)25-21(27)20-12-17(4)24-22(26-20)23-13-18-8-6-5-7-15(18)2/h5-12H,13H2,1-4H3,(H,25,27)(H,23,24,26). The van der Waals surface area contributed by atoms with E-state index in [4.69, 9.17) is 0 Å². The Labute approximate surface area is 159 Å². The average molecular weight is 360 g/mol. The Morgan fingerprint density at radius 3 is 2.48 bits per heavy atom. The Morgan fingerprint density at radius 2 is 1.70 bits per heavy atom. The molecule has 138 valence electrons. The highest BCUT2D eigenvalue weighted by molar-refractivity contribution is 6.03. The molecule has 0 saturated heterocycles. The summed E-state index contributed by atoms with van der Waals surface area (Å²) in [6, 6.07) is 15.8. The van der Waals surface area contributed by atoms with Gasteiger partial charge in [-0.1, -0.05) is 36.4 Å². The summed E-state index contributed by atoms with van der Waals surface area (Å²) in [6.45, 7) is 8.49. The van der Waals surface area contributed by atoms with Crippen LogP contribution >= 0.6 is 0 Å². The van der Waals surface area contributed by atoms with Gasteiger partial charge >= 0.3 is 0 Å². The Bertz CT molecular complexity index is 982. The van der Waals surface area contributed by atoms with Crippen LogP contribution < -0.4 is 10.6 Å². The van der Waals surface area contributed by atoms with Crippen LogP contribution in [0.3, 0.4) is 0 Å². The first-order chi connectivity index (χ1) is 12.9. The van der Waals surface area contributed by atoms with Crippen molar-refractivity contribution >= 4 is 17.5 Å². The molecule has 27 heavy (non-hydrogen) atoms. The molecule has 0 unspecified atom stereocenters. The van der Waals surface area contributed by atoms with Gasteiger partial charge in [0.1, 0.15) is 5.69 Å². The highest BCUT2D eigenvalue weighted by Gasteiger charge is 2.12. The monoisotopic (exact) mass is 360 g/mol. The van der Waals surface area contributed by atoms with E-state index in [9.17, 15) is 4.79 Å². The molecular formula is C22H24N4O. The molecule has 0 saturated carbocycles. The molecule has 0 aliphatic heterocycles. The number of anilines is 2. The van der Waals surface area contributed by atoms with Crippen molar-refractivity contribution in [3.8, 4) is 0 Å². The lowest BCUT2D eigenvalue weighted by molar-refractivity contribution is 0.102. The molecule has 0 aliphatic carbocycles. The van der Waals surface area contributed by atoms with E-state index in [0.29, 0.717) is 18.2 Å². The number of rotatable bonds is 5. The number of benzene rings is 2. The first-order valence-electron chi connectivity index (χ1n) is 8.95. The molecule has 0 atom stereocenters. The minimum atomic E-state index is -0.242. The van der Waals surface area contributed by atoms with Crippen LogP contribution in [0.15, 0.2) is 48.5 Å². The summed E-state index contributed by atoms with van der Waals surface area (Å²) in [5, 5.41) is 6.17. The highest BCUT2D eigenvalue weighted by Crippen LogP contribution is 2.18. The van der Waals surface area contributed by atoms with Gasteiger partial charge in [0.15, 0.2) is 0 Å². The molecule has 0 radical (unpaired) electrons. The molecule has 1 amide bonds. The molecule has 0 spiro atoms. The zero-order valence-corrected chi connectivity index (χ0v) is 16.1. The number of hydrogen-bond donors (Lipinski definition) is 2. The predicted octanol–water partition coefficient (Wildman–Crippen LogP) is 4.57. The van der Waals surface area contributed by atoms with Crippen molar-refractivity contribution in [1.82, 2.24) is 9.97 Å². The number of amides is 1. The Kier molecular flexibility index (Phi) is 5.50. The number of nitrogens with zero attached hydrogens (tertiary/aromatic N) is 2. The van der Waals surface area contributed by atoms with E-state index in [1.54, 1.807) is 6.07 Å². The summed E-state index contributed by atoms with van der Waals surface area (Å²) in [7, 11) is 0. The second-order valence-corrected chi connectivity index (χ2v) is 6.77. The van der Waals surface area contributed by atoms with Crippen molar-refractivity contribution in [2.24, 2.45) is 0 Å². The maximum atomic E-state index is 12.7. The molecule has 3 rings (SSSR count). The SMILES string of the molecule is Cc1ccc(C)c(NC(=O)c2cc(C)nc(NCc3ccccc3C)n2)c1. The van der Waals surface area contributed by atoms with Crippen molar-refractivity contribution in [3.05, 3.63) is 82.2 Å². The molecule has 0 fully saturated rings. The number of aryl methyl sites for hydroxylation is 4. The molecule has 0 aliphatic rings. The van der Waals surface area contributed by atoms with Gasteiger partial charge in [-0.25, -0.2) is 9.97 Å². The molecule has 1 heterocycles. The lowest BCUT2D eigenvalue weighted by atomic mass is 10.1. The van der Waals surface area contributed by atoms with Crippen LogP contribution in [0, 0.1) is 27.7 Å². The van der Waals surface area contributed by atoms with Crippen LogP contribution in [-0.2, 0) is 6.54 Å². The van der Waals surface area contributed by atoms with Crippen LogP contribution in [-0.4, -0.2) is 15.9 Å².